The standard InChI is InChI=1S/C15H11.3C2H3O.Ti/c1-2-5-12(6-3-1)15-10-9-13-7-4-8-14(13)11-15;3*1-2-3;/h1-11H;3*1H3;/q4*-1;+4. The Hall–Kier alpha value is -2.23. The van der Waals surface area contributed by atoms with E-state index >= 15 is 0 Å². The van der Waals surface area contributed by atoms with E-state index in [0.717, 1.165) is 0 Å². The molecule has 0 N–H and O–H groups in total. The third-order valence-corrected chi connectivity index (χ3v) is 2.75. The third-order valence-electron chi connectivity index (χ3n) is 2.75. The topological polar surface area (TPSA) is 51.2 Å². The van der Waals surface area contributed by atoms with Gasteiger partial charge in [-0.05, 0) is 11.1 Å². The summed E-state index contributed by atoms with van der Waals surface area (Å²) >= 11 is 0. The Balaban J connectivity index is 0. The molecule has 0 heterocycles. The fourth-order valence-electron chi connectivity index (χ4n) is 1.94. The molecule has 0 aliphatic rings. The van der Waals surface area contributed by atoms with Crippen molar-refractivity contribution in [2.45, 2.75) is 20.8 Å². The molecule has 0 aliphatic heterocycles. The molecule has 0 fully saturated rings. The van der Waals surface area contributed by atoms with Gasteiger partial charge in [-0.2, -0.15) is 38.3 Å². The minimum atomic E-state index is 0. The molecule has 25 heavy (non-hydrogen) atoms. The van der Waals surface area contributed by atoms with Crippen LogP contribution in [0.25, 0.3) is 21.9 Å². The zero-order chi connectivity index (χ0) is 18.2. The second kappa shape index (κ2) is 16.6. The first-order valence-electron chi connectivity index (χ1n) is 7.26. The number of benzene rings is 2. The second-order valence-corrected chi connectivity index (χ2v) is 4.35. The summed E-state index contributed by atoms with van der Waals surface area (Å²) in [5, 5.41) is 2.63. The van der Waals surface area contributed by atoms with Gasteiger partial charge in [0.15, 0.2) is 0 Å². The molecule has 0 spiro atoms. The SMILES string of the molecule is C[C-]=O.C[C-]=O.C[C-]=O.[Ti+4].c1ccc(-c2ccc3[cH-]ccc3c2)cc1. The van der Waals surface area contributed by atoms with Gasteiger partial charge < -0.3 is 14.4 Å². The molecule has 0 radical (unpaired) electrons. The minimum Gasteiger partial charge on any atom is -0.542 e. The van der Waals surface area contributed by atoms with Gasteiger partial charge in [0.05, 0.1) is 0 Å². The fraction of sp³-hybridized carbons (Fsp3) is 0.143. The molecule has 0 unspecified atom stereocenters. The average molecular weight is 368 g/mol. The molecule has 3 aromatic carbocycles. The van der Waals surface area contributed by atoms with Crippen molar-refractivity contribution in [3.63, 3.8) is 0 Å². The van der Waals surface area contributed by atoms with Gasteiger partial charge in [-0.15, -0.1) is 17.5 Å². The molecule has 3 aromatic rings. The van der Waals surface area contributed by atoms with Gasteiger partial charge >= 0.3 is 21.7 Å². The van der Waals surface area contributed by atoms with Crippen LogP contribution in [-0.2, 0) is 36.1 Å². The summed E-state index contributed by atoms with van der Waals surface area (Å²) in [4.78, 5) is 26.0. The zero-order valence-electron chi connectivity index (χ0n) is 14.6. The molecular formula is C21H20O3Ti. The second-order valence-electron chi connectivity index (χ2n) is 4.35. The van der Waals surface area contributed by atoms with Gasteiger partial charge in [-0.1, -0.05) is 42.5 Å². The molecule has 0 atom stereocenters. The third kappa shape index (κ3) is 10.3. The first-order chi connectivity index (χ1) is 11.7. The molecule has 3 nitrogen and oxygen atoms in total. The predicted octanol–water partition coefficient (Wildman–Crippen LogP) is 4.57. The summed E-state index contributed by atoms with van der Waals surface area (Å²) in [6.45, 7) is 3.96. The first kappa shape index (κ1) is 25.0. The van der Waals surface area contributed by atoms with E-state index in [2.05, 4.69) is 60.7 Å². The summed E-state index contributed by atoms with van der Waals surface area (Å²) < 4.78 is 0. The molecule has 0 aliphatic carbocycles. The average Bonchev–Trinajstić information content (AvgIpc) is 3.05. The van der Waals surface area contributed by atoms with Crippen LogP contribution < -0.4 is 0 Å². The summed E-state index contributed by atoms with van der Waals surface area (Å²) in [5.74, 6) is 0. The molecule has 3 rings (SSSR count). The maximum atomic E-state index is 8.68. The molecule has 0 bridgehead atoms. The van der Waals surface area contributed by atoms with Gasteiger partial charge in [0, 0.05) is 0 Å². The van der Waals surface area contributed by atoms with E-state index in [1.165, 1.54) is 61.5 Å². The largest absolute Gasteiger partial charge is 4.00 e. The zero-order valence-corrected chi connectivity index (χ0v) is 16.1. The van der Waals surface area contributed by atoms with Gasteiger partial charge in [0.25, 0.3) is 0 Å². The smallest absolute Gasteiger partial charge is 0.542 e. The van der Waals surface area contributed by atoms with Gasteiger partial charge in [0.2, 0.25) is 0 Å². The maximum Gasteiger partial charge on any atom is 4.00 e. The van der Waals surface area contributed by atoms with Crippen LogP contribution in [0.5, 0.6) is 0 Å². The Morgan fingerprint density at radius 3 is 1.76 bits per heavy atom. The van der Waals surface area contributed by atoms with Crippen LogP contribution in [-0.4, -0.2) is 18.9 Å². The van der Waals surface area contributed by atoms with Crippen LogP contribution in [0.4, 0.5) is 0 Å². The van der Waals surface area contributed by atoms with Gasteiger partial charge in [-0.25, -0.2) is 0 Å². The van der Waals surface area contributed by atoms with E-state index in [4.69, 9.17) is 14.4 Å². The summed E-state index contributed by atoms with van der Waals surface area (Å²) in [6.07, 6.45) is 4.50. The fourth-order valence-corrected chi connectivity index (χ4v) is 1.94. The Kier molecular flexibility index (Phi) is 16.6. The number of hydrogen-bond acceptors (Lipinski definition) is 3. The van der Waals surface area contributed by atoms with Crippen molar-refractivity contribution < 1.29 is 36.1 Å². The first-order valence-corrected chi connectivity index (χ1v) is 7.26. The molecule has 0 amide bonds. The van der Waals surface area contributed by atoms with Crippen molar-refractivity contribution in [2.75, 3.05) is 0 Å². The summed E-state index contributed by atoms with van der Waals surface area (Å²) in [6, 6.07) is 23.5. The monoisotopic (exact) mass is 368 g/mol. The van der Waals surface area contributed by atoms with Crippen molar-refractivity contribution in [1.29, 1.82) is 0 Å². The van der Waals surface area contributed by atoms with Crippen molar-refractivity contribution in [2.24, 2.45) is 0 Å². The summed E-state index contributed by atoms with van der Waals surface area (Å²) in [7, 11) is 0. The Bertz CT molecular complexity index is 704. The Morgan fingerprint density at radius 2 is 1.24 bits per heavy atom. The molecular weight excluding hydrogens is 348 g/mol. The van der Waals surface area contributed by atoms with Crippen LogP contribution in [0, 0.1) is 0 Å². The minimum absolute atomic E-state index is 0. The molecule has 126 valence electrons. The number of rotatable bonds is 1. The number of hydrogen-bond donors (Lipinski definition) is 0. The van der Waals surface area contributed by atoms with E-state index in [1.54, 1.807) is 0 Å². The van der Waals surface area contributed by atoms with Crippen molar-refractivity contribution in [3.8, 4) is 11.1 Å². The molecule has 0 saturated carbocycles. The Labute approximate surface area is 164 Å². The van der Waals surface area contributed by atoms with Crippen LogP contribution in [0.15, 0.2) is 66.7 Å². The Morgan fingerprint density at radius 1 is 0.720 bits per heavy atom. The van der Waals surface area contributed by atoms with E-state index < -0.39 is 0 Å². The van der Waals surface area contributed by atoms with Crippen LogP contribution in [0.1, 0.15) is 20.8 Å². The normalized spacial score (nSPS) is 7.96. The van der Waals surface area contributed by atoms with E-state index in [-0.39, 0.29) is 21.7 Å². The molecule has 0 aromatic heterocycles. The number of carbonyl (C=O) groups excluding carboxylic acids is 3. The van der Waals surface area contributed by atoms with Crippen LogP contribution in [0.3, 0.4) is 0 Å². The van der Waals surface area contributed by atoms with Crippen LogP contribution in [0.2, 0.25) is 0 Å². The molecule has 0 saturated heterocycles. The van der Waals surface area contributed by atoms with Crippen molar-refractivity contribution in [1.82, 2.24) is 0 Å². The van der Waals surface area contributed by atoms with Crippen molar-refractivity contribution in [3.05, 3.63) is 66.7 Å². The van der Waals surface area contributed by atoms with Gasteiger partial charge in [0.1, 0.15) is 0 Å². The number of fused-ring (bicyclic) bond motifs is 1. The van der Waals surface area contributed by atoms with Crippen LogP contribution >= 0.6 is 0 Å². The van der Waals surface area contributed by atoms with E-state index in [9.17, 15) is 0 Å². The van der Waals surface area contributed by atoms with E-state index in [0.29, 0.717) is 0 Å². The van der Waals surface area contributed by atoms with Gasteiger partial charge in [-0.3, -0.25) is 18.9 Å². The quantitative estimate of drug-likeness (QED) is 0.467. The summed E-state index contributed by atoms with van der Waals surface area (Å²) in [5.41, 5.74) is 2.56. The maximum absolute atomic E-state index is 8.68. The molecule has 4 heteroatoms. The predicted molar refractivity (Wildman–Crippen MR) is 99.1 cm³/mol. The van der Waals surface area contributed by atoms with Crippen molar-refractivity contribution >= 4 is 29.6 Å². The van der Waals surface area contributed by atoms with E-state index in [1.807, 2.05) is 6.07 Å².